The zero-order valence-electron chi connectivity index (χ0n) is 15.6. The Morgan fingerprint density at radius 3 is 2.29 bits per heavy atom. The van der Waals surface area contributed by atoms with E-state index < -0.39 is 11.7 Å². The van der Waals surface area contributed by atoms with Crippen LogP contribution in [0, 0.1) is 6.92 Å². The van der Waals surface area contributed by atoms with Crippen LogP contribution in [0.1, 0.15) is 16.1 Å². The number of rotatable bonds is 3. The number of pyridine rings is 1. The van der Waals surface area contributed by atoms with Crippen LogP contribution in [-0.2, 0) is 11.8 Å². The van der Waals surface area contributed by atoms with Crippen molar-refractivity contribution in [3.05, 3.63) is 71.9 Å². The summed E-state index contributed by atoms with van der Waals surface area (Å²) >= 11 is 0. The van der Waals surface area contributed by atoms with Gasteiger partial charge >= 0.3 is 0 Å². The average molecular weight is 366 g/mol. The third-order valence-corrected chi connectivity index (χ3v) is 5.76. The van der Waals surface area contributed by atoms with Crippen molar-refractivity contribution in [2.75, 3.05) is 0 Å². The van der Waals surface area contributed by atoms with E-state index >= 15 is 0 Å². The molecule has 0 saturated carbocycles. The molecule has 28 heavy (non-hydrogen) atoms. The van der Waals surface area contributed by atoms with Crippen LogP contribution >= 0.6 is 0 Å². The van der Waals surface area contributed by atoms with E-state index in [2.05, 4.69) is 29.7 Å². The molecule has 1 heterocycles. The molecular weight excluding hydrogens is 348 g/mol. The average Bonchev–Trinajstić information content (AvgIpc) is 3.17. The number of hydrogen-bond donors (Lipinski definition) is 1. The molecule has 0 atom stereocenters. The lowest BCUT2D eigenvalue weighted by atomic mass is 9.89. The Bertz CT molecular complexity index is 1310. The van der Waals surface area contributed by atoms with E-state index in [0.29, 0.717) is 5.56 Å². The van der Waals surface area contributed by atoms with Crippen LogP contribution in [0.25, 0.3) is 44.3 Å². The lowest BCUT2D eigenvalue weighted by molar-refractivity contribution is -0.114. The first-order chi connectivity index (χ1) is 13.5. The zero-order valence-corrected chi connectivity index (χ0v) is 15.6. The molecule has 4 nitrogen and oxygen atoms in total. The van der Waals surface area contributed by atoms with Crippen LogP contribution in [0.5, 0.6) is 0 Å². The molecule has 1 aliphatic rings. The van der Waals surface area contributed by atoms with Gasteiger partial charge in [-0.1, -0.05) is 54.6 Å². The van der Waals surface area contributed by atoms with Gasteiger partial charge in [0.1, 0.15) is 0 Å². The molecule has 5 rings (SSSR count). The third-order valence-electron chi connectivity index (χ3n) is 5.76. The van der Waals surface area contributed by atoms with Crippen molar-refractivity contribution in [3.8, 4) is 33.5 Å². The Kier molecular flexibility index (Phi) is 3.34. The van der Waals surface area contributed by atoms with Crippen LogP contribution in [0.3, 0.4) is 0 Å². The maximum Gasteiger partial charge on any atom is 0.289 e. The Morgan fingerprint density at radius 1 is 0.893 bits per heavy atom. The molecule has 4 heteroatoms. The predicted molar refractivity (Wildman–Crippen MR) is 111 cm³/mol. The summed E-state index contributed by atoms with van der Waals surface area (Å²) in [6.07, 6.45) is 0. The lowest BCUT2D eigenvalue weighted by Crippen LogP contribution is -2.24. The zero-order chi connectivity index (χ0) is 19.6. The van der Waals surface area contributed by atoms with Gasteiger partial charge in [0.05, 0.1) is 5.69 Å². The summed E-state index contributed by atoms with van der Waals surface area (Å²) in [5, 5.41) is 1.68. The fourth-order valence-corrected chi connectivity index (χ4v) is 4.46. The summed E-state index contributed by atoms with van der Waals surface area (Å²) in [4.78, 5) is 24.8. The molecule has 2 N–H and O–H groups in total. The van der Waals surface area contributed by atoms with E-state index in [1.807, 2.05) is 49.5 Å². The van der Waals surface area contributed by atoms with Crippen LogP contribution in [0.15, 0.2) is 60.7 Å². The van der Waals surface area contributed by atoms with Gasteiger partial charge in [-0.25, -0.2) is 0 Å². The number of amides is 1. The van der Waals surface area contributed by atoms with Gasteiger partial charge in [-0.3, -0.25) is 9.59 Å². The maximum atomic E-state index is 12.9. The number of primary amides is 1. The lowest BCUT2D eigenvalue weighted by Gasteiger charge is -2.18. The molecule has 4 aromatic rings. The Labute approximate surface area is 162 Å². The first-order valence-corrected chi connectivity index (χ1v) is 9.16. The highest BCUT2D eigenvalue weighted by Gasteiger charge is 2.36. The molecule has 0 unspecified atom stereocenters. The minimum absolute atomic E-state index is 0.401. The van der Waals surface area contributed by atoms with E-state index in [0.717, 1.165) is 50.0 Å². The monoisotopic (exact) mass is 366 g/mol. The molecule has 0 aliphatic heterocycles. The molecule has 0 radical (unpaired) electrons. The summed E-state index contributed by atoms with van der Waals surface area (Å²) < 4.78 is 2.10. The quantitative estimate of drug-likeness (QED) is 0.291. The van der Waals surface area contributed by atoms with Gasteiger partial charge in [0, 0.05) is 35.0 Å². The van der Waals surface area contributed by atoms with E-state index in [1.165, 1.54) is 0 Å². The molecule has 2 bridgehead atoms. The maximum absolute atomic E-state index is 12.9. The Morgan fingerprint density at radius 2 is 1.57 bits per heavy atom. The number of carbonyl (C=O) groups is 2. The fraction of sp³-hybridized carbons (Fsp3) is 0.0833. The molecule has 1 aromatic heterocycles. The largest absolute Gasteiger partial charge is 0.363 e. The van der Waals surface area contributed by atoms with Crippen molar-refractivity contribution in [3.63, 3.8) is 0 Å². The van der Waals surface area contributed by atoms with Crippen LogP contribution in [-0.4, -0.2) is 16.3 Å². The number of nitrogens with two attached hydrogens (primary N) is 1. The first kappa shape index (κ1) is 16.5. The number of ketones is 1. The highest BCUT2D eigenvalue weighted by atomic mass is 16.2. The SMILES string of the molecule is Cc1c2c(-c3ccccc3)c(n1C)-c1c-2cc2ccccc2c1C(=O)C(N)=O. The van der Waals surface area contributed by atoms with Gasteiger partial charge in [0.25, 0.3) is 11.7 Å². The number of hydrogen-bond acceptors (Lipinski definition) is 2. The van der Waals surface area contributed by atoms with E-state index in [-0.39, 0.29) is 0 Å². The van der Waals surface area contributed by atoms with Crippen LogP contribution in [0.2, 0.25) is 0 Å². The summed E-state index contributed by atoms with van der Waals surface area (Å²) in [5.74, 6) is -1.58. The Hall–Kier alpha value is -3.66. The normalized spacial score (nSPS) is 11.6. The first-order valence-electron chi connectivity index (χ1n) is 9.16. The molecule has 0 saturated heterocycles. The topological polar surface area (TPSA) is 65.1 Å². The van der Waals surface area contributed by atoms with Crippen LogP contribution in [0.4, 0.5) is 0 Å². The minimum Gasteiger partial charge on any atom is -0.363 e. The molecule has 136 valence electrons. The van der Waals surface area contributed by atoms with Gasteiger partial charge in [-0.05, 0) is 34.9 Å². The van der Waals surface area contributed by atoms with Gasteiger partial charge in [0.2, 0.25) is 0 Å². The summed E-state index contributed by atoms with van der Waals surface area (Å²) in [6.45, 7) is 2.08. The highest BCUT2D eigenvalue weighted by Crippen LogP contribution is 2.55. The predicted octanol–water partition coefficient (Wildman–Crippen LogP) is 4.47. The number of aromatic nitrogens is 1. The van der Waals surface area contributed by atoms with Crippen LogP contribution < -0.4 is 5.73 Å². The molecular formula is C24H18N2O2. The van der Waals surface area contributed by atoms with E-state index in [1.54, 1.807) is 0 Å². The smallest absolute Gasteiger partial charge is 0.289 e. The van der Waals surface area contributed by atoms with Crippen molar-refractivity contribution in [2.24, 2.45) is 12.8 Å². The van der Waals surface area contributed by atoms with Crippen molar-refractivity contribution < 1.29 is 9.59 Å². The second-order valence-electron chi connectivity index (χ2n) is 7.20. The molecule has 0 spiro atoms. The molecule has 0 fully saturated rings. The van der Waals surface area contributed by atoms with Gasteiger partial charge in [-0.15, -0.1) is 0 Å². The summed E-state index contributed by atoms with van der Waals surface area (Å²) in [6, 6.07) is 19.9. The number of benzene rings is 3. The summed E-state index contributed by atoms with van der Waals surface area (Å²) in [5.41, 5.74) is 13.0. The van der Waals surface area contributed by atoms with E-state index in [4.69, 9.17) is 5.73 Å². The van der Waals surface area contributed by atoms with Crippen molar-refractivity contribution in [1.29, 1.82) is 0 Å². The second kappa shape index (κ2) is 5.67. The van der Waals surface area contributed by atoms with Crippen molar-refractivity contribution in [1.82, 2.24) is 4.57 Å². The number of carbonyl (C=O) groups excluding carboxylic acids is 2. The number of Topliss-reactive ketones (excluding diaryl/α,β-unsaturated/α-hetero) is 1. The fourth-order valence-electron chi connectivity index (χ4n) is 4.46. The molecule has 3 aromatic carbocycles. The standard InChI is InChI=1S/C24H18N2O2/c1-13-18-17-12-15-10-6-7-11-16(15)21(23(27)24(25)28)20(17)22(26(13)2)19(18)14-8-4-3-5-9-14/h3-12H,1-2H3,(H2,25,28). The van der Waals surface area contributed by atoms with Gasteiger partial charge in [-0.2, -0.15) is 0 Å². The number of fused-ring (bicyclic) bond motifs is 6. The number of nitrogens with zero attached hydrogens (tertiary/aromatic N) is 1. The van der Waals surface area contributed by atoms with E-state index in [9.17, 15) is 9.59 Å². The van der Waals surface area contributed by atoms with Crippen molar-refractivity contribution in [2.45, 2.75) is 6.92 Å². The minimum atomic E-state index is -0.934. The highest BCUT2D eigenvalue weighted by molar-refractivity contribution is 6.46. The second-order valence-corrected chi connectivity index (χ2v) is 7.20. The van der Waals surface area contributed by atoms with Gasteiger partial charge in [0.15, 0.2) is 0 Å². The molecule has 1 amide bonds. The summed E-state index contributed by atoms with van der Waals surface area (Å²) in [7, 11) is 2.00. The molecule has 1 aliphatic carbocycles. The Balaban J connectivity index is 1.96. The van der Waals surface area contributed by atoms with Crippen molar-refractivity contribution >= 4 is 22.5 Å². The van der Waals surface area contributed by atoms with Gasteiger partial charge < -0.3 is 10.3 Å². The third kappa shape index (κ3) is 2.00.